The van der Waals surface area contributed by atoms with E-state index < -0.39 is 0 Å². The van der Waals surface area contributed by atoms with E-state index in [-0.39, 0.29) is 5.82 Å². The molecule has 5 heteroatoms. The minimum absolute atomic E-state index is 0.235. The molecule has 0 atom stereocenters. The molecule has 1 aromatic heterocycles. The van der Waals surface area contributed by atoms with E-state index in [1.807, 2.05) is 17.7 Å². The highest BCUT2D eigenvalue weighted by molar-refractivity contribution is 5.33. The van der Waals surface area contributed by atoms with Crippen LogP contribution in [0.15, 0.2) is 30.6 Å². The van der Waals surface area contributed by atoms with Crippen molar-refractivity contribution in [2.24, 2.45) is 0 Å². The highest BCUT2D eigenvalue weighted by Crippen LogP contribution is 2.19. The molecule has 2 rings (SSSR count). The lowest BCUT2D eigenvalue weighted by Gasteiger charge is -2.13. The quantitative estimate of drug-likeness (QED) is 0.760. The van der Waals surface area contributed by atoms with Gasteiger partial charge in [-0.05, 0) is 38.1 Å². The molecule has 0 unspecified atom stereocenters. The molecular formula is C16H22FN3O. The molecule has 0 aliphatic heterocycles. The van der Waals surface area contributed by atoms with Crippen molar-refractivity contribution in [3.05, 3.63) is 47.8 Å². The van der Waals surface area contributed by atoms with E-state index in [9.17, 15) is 4.39 Å². The number of imidazole rings is 1. The van der Waals surface area contributed by atoms with Crippen LogP contribution in [0.3, 0.4) is 0 Å². The van der Waals surface area contributed by atoms with Gasteiger partial charge in [-0.2, -0.15) is 0 Å². The predicted molar refractivity (Wildman–Crippen MR) is 80.9 cm³/mol. The van der Waals surface area contributed by atoms with Crippen LogP contribution in [0.25, 0.3) is 0 Å². The number of halogens is 1. The third kappa shape index (κ3) is 4.56. The van der Waals surface area contributed by atoms with Crippen LogP contribution in [0, 0.1) is 12.7 Å². The number of aromatic nitrogens is 2. The Bertz CT molecular complexity index is 568. The molecule has 0 saturated heterocycles. The van der Waals surface area contributed by atoms with Crippen LogP contribution in [0.4, 0.5) is 4.39 Å². The highest BCUT2D eigenvalue weighted by atomic mass is 19.1. The molecule has 0 aliphatic carbocycles. The molecular weight excluding hydrogens is 269 g/mol. The van der Waals surface area contributed by atoms with Crippen molar-refractivity contribution < 1.29 is 9.13 Å². The van der Waals surface area contributed by atoms with E-state index >= 15 is 0 Å². The van der Waals surface area contributed by atoms with E-state index in [1.165, 1.54) is 12.1 Å². The molecule has 114 valence electrons. The Morgan fingerprint density at radius 3 is 2.95 bits per heavy atom. The Morgan fingerprint density at radius 1 is 1.38 bits per heavy atom. The van der Waals surface area contributed by atoms with Crippen molar-refractivity contribution in [1.82, 2.24) is 14.9 Å². The first-order chi connectivity index (χ1) is 10.2. The van der Waals surface area contributed by atoms with E-state index in [4.69, 9.17) is 4.74 Å². The Hall–Kier alpha value is -1.88. The van der Waals surface area contributed by atoms with Crippen LogP contribution in [0.2, 0.25) is 0 Å². The largest absolute Gasteiger partial charge is 0.491 e. The topological polar surface area (TPSA) is 39.1 Å². The maximum Gasteiger partial charge on any atom is 0.124 e. The molecule has 0 saturated carbocycles. The maximum absolute atomic E-state index is 13.4. The molecule has 1 N–H and O–H groups in total. The standard InChI is InChI=1S/C16H22FN3O/c1-3-6-18-12-14-11-15(17)4-5-16(14)21-10-9-20-8-7-19-13(20)2/h4-5,7-8,11,18H,3,6,9-10,12H2,1-2H3. The summed E-state index contributed by atoms with van der Waals surface area (Å²) in [7, 11) is 0. The Morgan fingerprint density at radius 2 is 2.24 bits per heavy atom. The van der Waals surface area contributed by atoms with Crippen molar-refractivity contribution in [3.8, 4) is 5.75 Å². The summed E-state index contributed by atoms with van der Waals surface area (Å²) in [5.41, 5.74) is 0.853. The number of ether oxygens (including phenoxy) is 1. The third-order valence-electron chi connectivity index (χ3n) is 3.28. The summed E-state index contributed by atoms with van der Waals surface area (Å²) >= 11 is 0. The van der Waals surface area contributed by atoms with Crippen LogP contribution < -0.4 is 10.1 Å². The van der Waals surface area contributed by atoms with Gasteiger partial charge in [0.15, 0.2) is 0 Å². The smallest absolute Gasteiger partial charge is 0.124 e. The number of hydrogen-bond donors (Lipinski definition) is 1. The second kappa shape index (κ2) is 7.78. The van der Waals surface area contributed by atoms with E-state index in [1.54, 1.807) is 12.3 Å². The second-order valence-electron chi connectivity index (χ2n) is 4.95. The fraction of sp³-hybridized carbons (Fsp3) is 0.438. The molecule has 1 aromatic carbocycles. The minimum Gasteiger partial charge on any atom is -0.491 e. The average molecular weight is 291 g/mol. The van der Waals surface area contributed by atoms with Crippen molar-refractivity contribution in [2.75, 3.05) is 13.2 Å². The normalized spacial score (nSPS) is 10.8. The summed E-state index contributed by atoms with van der Waals surface area (Å²) in [5, 5.41) is 3.27. The number of hydrogen-bond acceptors (Lipinski definition) is 3. The zero-order valence-electron chi connectivity index (χ0n) is 12.6. The molecule has 4 nitrogen and oxygen atoms in total. The predicted octanol–water partition coefficient (Wildman–Crippen LogP) is 2.91. The van der Waals surface area contributed by atoms with Gasteiger partial charge in [-0.3, -0.25) is 0 Å². The summed E-state index contributed by atoms with van der Waals surface area (Å²) < 4.78 is 21.2. The Kier molecular flexibility index (Phi) is 5.75. The maximum atomic E-state index is 13.4. The van der Waals surface area contributed by atoms with E-state index in [2.05, 4.69) is 17.2 Å². The first-order valence-corrected chi connectivity index (χ1v) is 7.30. The molecule has 2 aromatic rings. The van der Waals surface area contributed by atoms with Crippen LogP contribution in [0.5, 0.6) is 5.75 Å². The van der Waals surface area contributed by atoms with Gasteiger partial charge in [0.05, 0.1) is 6.54 Å². The van der Waals surface area contributed by atoms with Gasteiger partial charge in [0.1, 0.15) is 24.0 Å². The van der Waals surface area contributed by atoms with Gasteiger partial charge in [-0.15, -0.1) is 0 Å². The molecule has 0 fully saturated rings. The Labute approximate surface area is 125 Å². The summed E-state index contributed by atoms with van der Waals surface area (Å²) in [6.45, 7) is 6.84. The highest BCUT2D eigenvalue weighted by Gasteiger charge is 2.06. The van der Waals surface area contributed by atoms with Crippen LogP contribution >= 0.6 is 0 Å². The van der Waals surface area contributed by atoms with Gasteiger partial charge in [0.25, 0.3) is 0 Å². The lowest BCUT2D eigenvalue weighted by molar-refractivity contribution is 0.293. The van der Waals surface area contributed by atoms with Crippen molar-refractivity contribution in [1.29, 1.82) is 0 Å². The fourth-order valence-corrected chi connectivity index (χ4v) is 2.12. The van der Waals surface area contributed by atoms with Crippen LogP contribution in [-0.2, 0) is 13.1 Å². The van der Waals surface area contributed by atoms with E-state index in [0.29, 0.717) is 13.2 Å². The zero-order chi connectivity index (χ0) is 15.1. The summed E-state index contributed by atoms with van der Waals surface area (Å²) in [5.74, 6) is 1.46. The number of nitrogens with zero attached hydrogens (tertiary/aromatic N) is 2. The van der Waals surface area contributed by atoms with Gasteiger partial charge in [0.2, 0.25) is 0 Å². The number of rotatable bonds is 8. The summed E-state index contributed by atoms with van der Waals surface area (Å²) in [4.78, 5) is 4.17. The Balaban J connectivity index is 1.93. The molecule has 0 bridgehead atoms. The number of aryl methyl sites for hydroxylation is 1. The summed E-state index contributed by atoms with van der Waals surface area (Å²) in [6, 6.07) is 4.65. The molecule has 0 spiro atoms. The first kappa shape index (κ1) is 15.5. The molecule has 0 amide bonds. The molecule has 21 heavy (non-hydrogen) atoms. The van der Waals surface area contributed by atoms with Gasteiger partial charge < -0.3 is 14.6 Å². The van der Waals surface area contributed by atoms with Crippen molar-refractivity contribution in [2.45, 2.75) is 33.4 Å². The molecule has 1 heterocycles. The monoisotopic (exact) mass is 291 g/mol. The first-order valence-electron chi connectivity index (χ1n) is 7.30. The minimum atomic E-state index is -0.235. The number of nitrogens with one attached hydrogen (secondary N) is 1. The van der Waals surface area contributed by atoms with Gasteiger partial charge in [-0.1, -0.05) is 6.92 Å². The van der Waals surface area contributed by atoms with Crippen LogP contribution in [0.1, 0.15) is 24.7 Å². The zero-order valence-corrected chi connectivity index (χ0v) is 12.6. The van der Waals surface area contributed by atoms with Crippen molar-refractivity contribution in [3.63, 3.8) is 0 Å². The van der Waals surface area contributed by atoms with Gasteiger partial charge in [-0.25, -0.2) is 9.37 Å². The van der Waals surface area contributed by atoms with Crippen LogP contribution in [-0.4, -0.2) is 22.7 Å². The summed E-state index contributed by atoms with van der Waals surface area (Å²) in [6.07, 6.45) is 4.74. The van der Waals surface area contributed by atoms with Crippen molar-refractivity contribution >= 4 is 0 Å². The lowest BCUT2D eigenvalue weighted by Crippen LogP contribution is -2.16. The number of benzene rings is 1. The fourth-order valence-electron chi connectivity index (χ4n) is 2.12. The lowest BCUT2D eigenvalue weighted by atomic mass is 10.2. The van der Waals surface area contributed by atoms with E-state index in [0.717, 1.165) is 36.6 Å². The third-order valence-corrected chi connectivity index (χ3v) is 3.28. The second-order valence-corrected chi connectivity index (χ2v) is 4.95. The molecule has 0 radical (unpaired) electrons. The van der Waals surface area contributed by atoms with Gasteiger partial charge >= 0.3 is 0 Å². The average Bonchev–Trinajstić information content (AvgIpc) is 2.87. The SMILES string of the molecule is CCCNCc1cc(F)ccc1OCCn1ccnc1C. The molecule has 0 aliphatic rings. The van der Waals surface area contributed by atoms with Gasteiger partial charge in [0, 0.05) is 24.5 Å².